The lowest BCUT2D eigenvalue weighted by Crippen LogP contribution is -2.16. The smallest absolute Gasteiger partial charge is 0.278 e. The number of anilines is 1. The molecule has 0 bridgehead atoms. The molecule has 1 amide bonds. The molecule has 0 unspecified atom stereocenters. The van der Waals surface area contributed by atoms with Crippen LogP contribution in [0.4, 0.5) is 5.69 Å². The van der Waals surface area contributed by atoms with Crippen LogP contribution in [0.1, 0.15) is 38.7 Å². The van der Waals surface area contributed by atoms with Gasteiger partial charge >= 0.3 is 0 Å². The number of aryl methyl sites for hydroxylation is 4. The van der Waals surface area contributed by atoms with Gasteiger partial charge in [-0.3, -0.25) is 4.79 Å². The number of hydrogen-bond acceptors (Lipinski definition) is 6. The van der Waals surface area contributed by atoms with E-state index in [-0.39, 0.29) is 11.6 Å². The minimum atomic E-state index is -0.351. The lowest BCUT2D eigenvalue weighted by molar-refractivity contribution is 0.102. The highest BCUT2D eigenvalue weighted by Gasteiger charge is 2.22. The second kappa shape index (κ2) is 9.72. The Labute approximate surface area is 201 Å². The van der Waals surface area contributed by atoms with E-state index < -0.39 is 0 Å². The average Bonchev–Trinajstić information content (AvgIpc) is 3.19. The molecular weight excluding hydrogens is 456 g/mol. The van der Waals surface area contributed by atoms with Gasteiger partial charge in [-0.2, -0.15) is 0 Å². The number of aromatic nitrogens is 5. The summed E-state index contributed by atoms with van der Waals surface area (Å²) < 4.78 is 1.69. The summed E-state index contributed by atoms with van der Waals surface area (Å²) in [4.78, 5) is 22.2. The first-order valence-electron chi connectivity index (χ1n) is 10.3. The van der Waals surface area contributed by atoms with Crippen LogP contribution in [0.2, 0.25) is 5.02 Å². The summed E-state index contributed by atoms with van der Waals surface area (Å²) in [5, 5.41) is 12.6. The number of halogens is 1. The van der Waals surface area contributed by atoms with Gasteiger partial charge < -0.3 is 5.32 Å². The SMILES string of the molecule is Cc1ccc(-n2nnc(C(=O)Nc3cc(Cl)ccc3C)c2CSc2nc(C)cc(C)n2)cc1. The highest BCUT2D eigenvalue weighted by Crippen LogP contribution is 2.26. The van der Waals surface area contributed by atoms with Gasteiger partial charge in [0.15, 0.2) is 10.9 Å². The van der Waals surface area contributed by atoms with Crippen molar-refractivity contribution in [3.63, 3.8) is 0 Å². The predicted molar refractivity (Wildman–Crippen MR) is 131 cm³/mol. The Hall–Kier alpha value is -3.23. The molecule has 0 spiro atoms. The van der Waals surface area contributed by atoms with E-state index in [1.54, 1.807) is 16.8 Å². The number of carbonyl (C=O) groups excluding carboxylic acids is 1. The summed E-state index contributed by atoms with van der Waals surface area (Å²) in [7, 11) is 0. The number of amides is 1. The molecule has 0 radical (unpaired) electrons. The van der Waals surface area contributed by atoms with Crippen LogP contribution in [0.3, 0.4) is 0 Å². The van der Waals surface area contributed by atoms with Gasteiger partial charge in [-0.05, 0) is 63.6 Å². The Kier molecular flexibility index (Phi) is 6.76. The van der Waals surface area contributed by atoms with E-state index in [4.69, 9.17) is 11.6 Å². The topological polar surface area (TPSA) is 85.6 Å². The molecule has 7 nitrogen and oxygen atoms in total. The molecule has 2 aromatic heterocycles. The molecule has 2 heterocycles. The van der Waals surface area contributed by atoms with Gasteiger partial charge in [0.2, 0.25) is 0 Å². The maximum atomic E-state index is 13.2. The molecule has 0 saturated heterocycles. The van der Waals surface area contributed by atoms with Crippen LogP contribution in [0.5, 0.6) is 0 Å². The second-order valence-corrected chi connectivity index (χ2v) is 9.15. The zero-order valence-electron chi connectivity index (χ0n) is 18.8. The lowest BCUT2D eigenvalue weighted by Gasteiger charge is -2.10. The molecule has 9 heteroatoms. The first-order valence-corrected chi connectivity index (χ1v) is 11.7. The summed E-state index contributed by atoms with van der Waals surface area (Å²) in [6.07, 6.45) is 0. The van der Waals surface area contributed by atoms with Crippen molar-refractivity contribution in [2.45, 2.75) is 38.6 Å². The molecule has 0 fully saturated rings. The van der Waals surface area contributed by atoms with E-state index in [9.17, 15) is 4.79 Å². The largest absolute Gasteiger partial charge is 0.320 e. The van der Waals surface area contributed by atoms with Crippen LogP contribution in [0.15, 0.2) is 53.7 Å². The Morgan fingerprint density at radius 1 is 1.00 bits per heavy atom. The van der Waals surface area contributed by atoms with E-state index in [1.807, 2.05) is 64.1 Å². The number of thioether (sulfide) groups is 1. The van der Waals surface area contributed by atoms with Gasteiger partial charge in [0, 0.05) is 27.9 Å². The van der Waals surface area contributed by atoms with Crippen molar-refractivity contribution < 1.29 is 4.79 Å². The molecule has 33 heavy (non-hydrogen) atoms. The fraction of sp³-hybridized carbons (Fsp3) is 0.208. The zero-order chi connectivity index (χ0) is 23.5. The maximum absolute atomic E-state index is 13.2. The molecule has 4 aromatic rings. The predicted octanol–water partition coefficient (Wildman–Crippen LogP) is 5.49. The summed E-state index contributed by atoms with van der Waals surface area (Å²) in [5.41, 5.74) is 6.17. The van der Waals surface area contributed by atoms with E-state index in [0.29, 0.717) is 27.3 Å². The summed E-state index contributed by atoms with van der Waals surface area (Å²) >= 11 is 7.55. The van der Waals surface area contributed by atoms with E-state index in [1.165, 1.54) is 11.8 Å². The van der Waals surface area contributed by atoms with Crippen LogP contribution in [-0.2, 0) is 5.75 Å². The normalized spacial score (nSPS) is 10.9. The second-order valence-electron chi connectivity index (χ2n) is 7.77. The van der Waals surface area contributed by atoms with Gasteiger partial charge in [-0.1, -0.05) is 52.3 Å². The molecule has 168 valence electrons. The van der Waals surface area contributed by atoms with Crippen LogP contribution in [0.25, 0.3) is 5.69 Å². The highest BCUT2D eigenvalue weighted by atomic mass is 35.5. The van der Waals surface area contributed by atoms with Crippen LogP contribution < -0.4 is 5.32 Å². The molecule has 0 saturated carbocycles. The molecule has 1 N–H and O–H groups in total. The van der Waals surface area contributed by atoms with Crippen molar-refractivity contribution in [3.8, 4) is 5.69 Å². The quantitative estimate of drug-likeness (QED) is 0.291. The number of hydrogen-bond donors (Lipinski definition) is 1. The Balaban J connectivity index is 1.69. The van der Waals surface area contributed by atoms with Gasteiger partial charge in [0.25, 0.3) is 5.91 Å². The molecule has 0 atom stereocenters. The third kappa shape index (κ3) is 5.40. The fourth-order valence-corrected chi connectivity index (χ4v) is 4.42. The fourth-order valence-electron chi connectivity index (χ4n) is 3.30. The van der Waals surface area contributed by atoms with E-state index >= 15 is 0 Å². The minimum Gasteiger partial charge on any atom is -0.320 e. The van der Waals surface area contributed by atoms with E-state index in [2.05, 4.69) is 25.6 Å². The Morgan fingerprint density at radius 2 is 1.70 bits per heavy atom. The van der Waals surface area contributed by atoms with Gasteiger partial charge in [0.1, 0.15) is 0 Å². The molecule has 0 aliphatic rings. The van der Waals surface area contributed by atoms with Crippen molar-refractivity contribution in [3.05, 3.63) is 87.5 Å². The lowest BCUT2D eigenvalue weighted by atomic mass is 10.2. The zero-order valence-corrected chi connectivity index (χ0v) is 20.3. The van der Waals surface area contributed by atoms with Gasteiger partial charge in [0.05, 0.1) is 11.4 Å². The van der Waals surface area contributed by atoms with Gasteiger partial charge in [-0.15, -0.1) is 5.10 Å². The van der Waals surface area contributed by atoms with Crippen LogP contribution in [-0.4, -0.2) is 30.9 Å². The Morgan fingerprint density at radius 3 is 2.39 bits per heavy atom. The third-order valence-electron chi connectivity index (χ3n) is 5.00. The molecule has 0 aliphatic carbocycles. The van der Waals surface area contributed by atoms with Crippen molar-refractivity contribution in [1.29, 1.82) is 0 Å². The first kappa shape index (κ1) is 22.9. The monoisotopic (exact) mass is 478 g/mol. The van der Waals surface area contributed by atoms with Crippen LogP contribution in [0, 0.1) is 27.7 Å². The first-order chi connectivity index (χ1) is 15.8. The standard InChI is InChI=1S/C24H23ClN6OS/c1-14-5-9-19(10-6-14)31-21(13-33-24-26-16(3)11-17(4)27-24)22(29-30-31)23(32)28-20-12-18(25)8-7-15(20)2/h5-12H,13H2,1-4H3,(H,28,32). The molecule has 2 aromatic carbocycles. The van der Waals surface area contributed by atoms with Crippen molar-refractivity contribution in [2.24, 2.45) is 0 Å². The number of carbonyl (C=O) groups is 1. The van der Waals surface area contributed by atoms with Crippen molar-refractivity contribution in [1.82, 2.24) is 25.0 Å². The minimum absolute atomic E-state index is 0.242. The highest BCUT2D eigenvalue weighted by molar-refractivity contribution is 7.98. The maximum Gasteiger partial charge on any atom is 0.278 e. The molecule has 0 aliphatic heterocycles. The van der Waals surface area contributed by atoms with Gasteiger partial charge in [-0.25, -0.2) is 14.6 Å². The summed E-state index contributed by atoms with van der Waals surface area (Å²) in [6.45, 7) is 7.79. The Bertz CT molecular complexity index is 1300. The third-order valence-corrected chi connectivity index (χ3v) is 6.10. The molecule has 4 rings (SSSR count). The van der Waals surface area contributed by atoms with Crippen molar-refractivity contribution in [2.75, 3.05) is 5.32 Å². The van der Waals surface area contributed by atoms with E-state index in [0.717, 1.165) is 28.2 Å². The summed E-state index contributed by atoms with van der Waals surface area (Å²) in [5.74, 6) is 0.0665. The number of rotatable bonds is 6. The number of nitrogens with zero attached hydrogens (tertiary/aromatic N) is 5. The number of benzene rings is 2. The number of nitrogens with one attached hydrogen (secondary N) is 1. The summed E-state index contributed by atoms with van der Waals surface area (Å²) in [6, 6.07) is 15.2. The van der Waals surface area contributed by atoms with Crippen LogP contribution >= 0.6 is 23.4 Å². The molecular formula is C24H23ClN6OS. The average molecular weight is 479 g/mol. The van der Waals surface area contributed by atoms with Crippen molar-refractivity contribution >= 4 is 35.0 Å².